The number of methoxy groups -OCH3 is 1. The predicted molar refractivity (Wildman–Crippen MR) is 81.4 cm³/mol. The second-order valence-corrected chi connectivity index (χ2v) is 5.49. The van der Waals surface area contributed by atoms with E-state index in [1.807, 2.05) is 0 Å². The minimum atomic E-state index is -0.630. The first-order valence-corrected chi connectivity index (χ1v) is 7.26. The summed E-state index contributed by atoms with van der Waals surface area (Å²) in [5, 5.41) is 5.33. The van der Waals surface area contributed by atoms with E-state index in [-0.39, 0.29) is 11.8 Å². The number of amides is 2. The molecule has 0 aliphatic heterocycles. The van der Waals surface area contributed by atoms with Gasteiger partial charge in [-0.2, -0.15) is 0 Å². The van der Waals surface area contributed by atoms with E-state index in [2.05, 4.69) is 10.6 Å². The summed E-state index contributed by atoms with van der Waals surface area (Å²) in [5.41, 5.74) is 0.924. The summed E-state index contributed by atoms with van der Waals surface area (Å²) >= 11 is 0. The number of hydrogen-bond acceptors (Lipinski definition) is 4. The first kappa shape index (κ1) is 16.0. The zero-order valence-electron chi connectivity index (χ0n) is 12.7. The number of benzene rings is 1. The van der Waals surface area contributed by atoms with Gasteiger partial charge in [-0.15, -0.1) is 0 Å². The van der Waals surface area contributed by atoms with Gasteiger partial charge in [0.25, 0.3) is 5.91 Å². The predicted octanol–water partition coefficient (Wildman–Crippen LogP) is 1.72. The van der Waals surface area contributed by atoms with Gasteiger partial charge in [-0.25, -0.2) is 4.79 Å². The van der Waals surface area contributed by atoms with Gasteiger partial charge in [0.1, 0.15) is 6.04 Å². The first-order chi connectivity index (χ1) is 10.5. The molecule has 0 saturated heterocycles. The van der Waals surface area contributed by atoms with Crippen LogP contribution in [-0.2, 0) is 14.3 Å². The standard InChI is InChI=1S/C16H20N2O4/c1-10(19)17-13-5-3-4-12(9-13)15(20)18-14(16(21)22-2)8-11-6-7-11/h3-5,9,11,14H,6-8H2,1-2H3,(H,17,19)(H,18,20)/t14-/m0/s1. The molecule has 0 unspecified atom stereocenters. The van der Waals surface area contributed by atoms with Crippen LogP contribution in [0.4, 0.5) is 5.69 Å². The molecule has 118 valence electrons. The third-order valence-electron chi connectivity index (χ3n) is 3.50. The van der Waals surface area contributed by atoms with Crippen molar-refractivity contribution < 1.29 is 19.1 Å². The Bertz CT molecular complexity index is 581. The maximum Gasteiger partial charge on any atom is 0.328 e. The lowest BCUT2D eigenvalue weighted by molar-refractivity contribution is -0.143. The summed E-state index contributed by atoms with van der Waals surface area (Å²) in [7, 11) is 1.31. The third-order valence-corrected chi connectivity index (χ3v) is 3.50. The minimum absolute atomic E-state index is 0.210. The number of hydrogen-bond donors (Lipinski definition) is 2. The van der Waals surface area contributed by atoms with E-state index in [0.29, 0.717) is 23.6 Å². The molecule has 1 atom stereocenters. The van der Waals surface area contributed by atoms with E-state index in [0.717, 1.165) is 12.8 Å². The third kappa shape index (κ3) is 4.58. The lowest BCUT2D eigenvalue weighted by Gasteiger charge is -2.16. The molecule has 0 aromatic heterocycles. The summed E-state index contributed by atoms with van der Waals surface area (Å²) in [6, 6.07) is 5.94. The summed E-state index contributed by atoms with van der Waals surface area (Å²) < 4.78 is 4.74. The highest BCUT2D eigenvalue weighted by atomic mass is 16.5. The highest BCUT2D eigenvalue weighted by molar-refractivity contribution is 5.98. The maximum absolute atomic E-state index is 12.3. The molecule has 0 heterocycles. The monoisotopic (exact) mass is 304 g/mol. The van der Waals surface area contributed by atoms with Crippen molar-refractivity contribution >= 4 is 23.5 Å². The van der Waals surface area contributed by atoms with Crippen LogP contribution in [0.1, 0.15) is 36.5 Å². The zero-order valence-corrected chi connectivity index (χ0v) is 12.7. The van der Waals surface area contributed by atoms with Gasteiger partial charge >= 0.3 is 5.97 Å². The van der Waals surface area contributed by atoms with Crippen LogP contribution in [0, 0.1) is 5.92 Å². The fraction of sp³-hybridized carbons (Fsp3) is 0.438. The van der Waals surface area contributed by atoms with Crippen molar-refractivity contribution in [1.29, 1.82) is 0 Å². The molecule has 2 rings (SSSR count). The van der Waals surface area contributed by atoms with Crippen LogP contribution >= 0.6 is 0 Å². The van der Waals surface area contributed by atoms with Crippen molar-refractivity contribution in [1.82, 2.24) is 5.32 Å². The lowest BCUT2D eigenvalue weighted by Crippen LogP contribution is -2.41. The SMILES string of the molecule is COC(=O)[C@H](CC1CC1)NC(=O)c1cccc(NC(C)=O)c1. The Labute approximate surface area is 129 Å². The second-order valence-electron chi connectivity index (χ2n) is 5.49. The topological polar surface area (TPSA) is 84.5 Å². The van der Waals surface area contributed by atoms with Crippen LogP contribution in [0.25, 0.3) is 0 Å². The van der Waals surface area contributed by atoms with Gasteiger partial charge in [0, 0.05) is 18.2 Å². The number of ether oxygens (including phenoxy) is 1. The van der Waals surface area contributed by atoms with Gasteiger partial charge in [-0.05, 0) is 30.5 Å². The van der Waals surface area contributed by atoms with Crippen LogP contribution in [-0.4, -0.2) is 30.9 Å². The van der Waals surface area contributed by atoms with Gasteiger partial charge < -0.3 is 15.4 Å². The Morgan fingerprint density at radius 2 is 2.05 bits per heavy atom. The molecule has 1 fully saturated rings. The molecule has 1 aliphatic rings. The molecule has 22 heavy (non-hydrogen) atoms. The molecule has 1 saturated carbocycles. The molecule has 1 aromatic rings. The Morgan fingerprint density at radius 3 is 2.64 bits per heavy atom. The first-order valence-electron chi connectivity index (χ1n) is 7.26. The summed E-state index contributed by atoms with van der Waals surface area (Å²) in [4.78, 5) is 35.1. The highest BCUT2D eigenvalue weighted by Crippen LogP contribution is 2.33. The van der Waals surface area contributed by atoms with Crippen molar-refractivity contribution in [2.75, 3.05) is 12.4 Å². The average molecular weight is 304 g/mol. The molecule has 0 spiro atoms. The second kappa shape index (κ2) is 7.06. The molecule has 2 amide bonds. The smallest absolute Gasteiger partial charge is 0.328 e. The molecule has 1 aliphatic carbocycles. The molecule has 6 nitrogen and oxygen atoms in total. The fourth-order valence-electron chi connectivity index (χ4n) is 2.23. The Hall–Kier alpha value is -2.37. The van der Waals surface area contributed by atoms with Crippen LogP contribution in [0.15, 0.2) is 24.3 Å². The van der Waals surface area contributed by atoms with Crippen molar-refractivity contribution in [3.63, 3.8) is 0 Å². The summed E-state index contributed by atoms with van der Waals surface area (Å²) in [6.45, 7) is 1.40. The fourth-order valence-corrected chi connectivity index (χ4v) is 2.23. The van der Waals surface area contributed by atoms with Gasteiger partial charge in [-0.1, -0.05) is 18.9 Å². The Kier molecular flexibility index (Phi) is 5.14. The molecule has 0 radical (unpaired) electrons. The van der Waals surface area contributed by atoms with E-state index < -0.39 is 12.0 Å². The minimum Gasteiger partial charge on any atom is -0.467 e. The molecule has 6 heteroatoms. The van der Waals surface area contributed by atoms with Crippen LogP contribution < -0.4 is 10.6 Å². The van der Waals surface area contributed by atoms with E-state index in [4.69, 9.17) is 4.74 Å². The maximum atomic E-state index is 12.3. The van der Waals surface area contributed by atoms with E-state index >= 15 is 0 Å². The van der Waals surface area contributed by atoms with Crippen LogP contribution in [0.5, 0.6) is 0 Å². The average Bonchev–Trinajstić information content (AvgIpc) is 3.29. The van der Waals surface area contributed by atoms with Gasteiger partial charge in [0.2, 0.25) is 5.91 Å². The van der Waals surface area contributed by atoms with E-state index in [1.54, 1.807) is 24.3 Å². The Balaban J connectivity index is 2.05. The zero-order chi connectivity index (χ0) is 16.1. The van der Waals surface area contributed by atoms with Gasteiger partial charge in [0.15, 0.2) is 0 Å². The largest absolute Gasteiger partial charge is 0.467 e. The quantitative estimate of drug-likeness (QED) is 0.784. The van der Waals surface area contributed by atoms with Crippen molar-refractivity contribution in [2.24, 2.45) is 5.92 Å². The van der Waals surface area contributed by atoms with E-state index in [9.17, 15) is 14.4 Å². The number of rotatable bonds is 6. The van der Waals surface area contributed by atoms with Crippen molar-refractivity contribution in [2.45, 2.75) is 32.2 Å². The van der Waals surface area contributed by atoms with Crippen molar-refractivity contribution in [3.8, 4) is 0 Å². The summed E-state index contributed by atoms with van der Waals surface area (Å²) in [5.74, 6) is -0.518. The lowest BCUT2D eigenvalue weighted by atomic mass is 10.1. The van der Waals surface area contributed by atoms with E-state index in [1.165, 1.54) is 14.0 Å². The number of esters is 1. The highest BCUT2D eigenvalue weighted by Gasteiger charge is 2.31. The molecule has 1 aromatic carbocycles. The molecule has 2 N–H and O–H groups in total. The molecular weight excluding hydrogens is 284 g/mol. The van der Waals surface area contributed by atoms with Crippen LogP contribution in [0.2, 0.25) is 0 Å². The molecule has 0 bridgehead atoms. The normalized spacial score (nSPS) is 14.8. The van der Waals surface area contributed by atoms with Gasteiger partial charge in [-0.3, -0.25) is 9.59 Å². The molecular formula is C16H20N2O4. The summed E-state index contributed by atoms with van der Waals surface area (Å²) in [6.07, 6.45) is 2.77. The van der Waals surface area contributed by atoms with Crippen LogP contribution in [0.3, 0.4) is 0 Å². The number of anilines is 1. The van der Waals surface area contributed by atoms with Gasteiger partial charge in [0.05, 0.1) is 7.11 Å². The number of nitrogens with one attached hydrogen (secondary N) is 2. The number of carbonyl (C=O) groups is 3. The number of carbonyl (C=O) groups excluding carboxylic acids is 3. The van der Waals surface area contributed by atoms with Crippen molar-refractivity contribution in [3.05, 3.63) is 29.8 Å². The Morgan fingerprint density at radius 1 is 1.32 bits per heavy atom.